The first-order valence-corrected chi connectivity index (χ1v) is 11.2. The number of ketones is 1. The van der Waals surface area contributed by atoms with E-state index in [1.165, 1.54) is 7.11 Å². The topological polar surface area (TPSA) is 52.6 Å². The van der Waals surface area contributed by atoms with Crippen molar-refractivity contribution in [2.45, 2.75) is 38.1 Å². The molecule has 0 radical (unpaired) electrons. The summed E-state index contributed by atoms with van der Waals surface area (Å²) in [4.78, 5) is 24.3. The maximum Gasteiger partial charge on any atom is 0.341 e. The summed E-state index contributed by atoms with van der Waals surface area (Å²) in [6, 6.07) is 10.5. The predicted octanol–water partition coefficient (Wildman–Crippen LogP) is 3.97. The van der Waals surface area contributed by atoms with Gasteiger partial charge in [0.1, 0.15) is 5.57 Å². The molecule has 24 heavy (non-hydrogen) atoms. The lowest BCUT2D eigenvalue weighted by atomic mass is 9.98. The number of hydrogen-bond donors (Lipinski definition) is 0. The van der Waals surface area contributed by atoms with Gasteiger partial charge in [0.05, 0.1) is 13.2 Å². The summed E-state index contributed by atoms with van der Waals surface area (Å²) >= 11 is 0. The van der Waals surface area contributed by atoms with Gasteiger partial charge in [0, 0.05) is 6.42 Å². The van der Waals surface area contributed by atoms with Crippen LogP contribution in [0.2, 0.25) is 19.1 Å². The molecule has 1 unspecified atom stereocenters. The van der Waals surface area contributed by atoms with E-state index in [-0.39, 0.29) is 11.4 Å². The van der Waals surface area contributed by atoms with E-state index in [0.717, 1.165) is 17.2 Å². The van der Waals surface area contributed by atoms with Crippen LogP contribution in [-0.2, 0) is 18.8 Å². The molecular formula is C19H24O4Si. The third-order valence-electron chi connectivity index (χ3n) is 4.10. The highest BCUT2D eigenvalue weighted by molar-refractivity contribution is 6.71. The molecule has 0 saturated carbocycles. The lowest BCUT2D eigenvalue weighted by molar-refractivity contribution is -0.137. The standard InChI is InChI=1S/C19H24O4Si/c1-5-13-24(3,4)23-18(14-9-7-6-8-10-14)15-11-12-16(20)17(15)19(21)22-2/h5-10,18H,1,11-13H2,2-4H3. The molecule has 0 aliphatic heterocycles. The van der Waals surface area contributed by atoms with Gasteiger partial charge in [-0.15, -0.1) is 6.58 Å². The second-order valence-electron chi connectivity index (χ2n) is 6.48. The van der Waals surface area contributed by atoms with Gasteiger partial charge in [-0.3, -0.25) is 4.79 Å². The second-order valence-corrected chi connectivity index (χ2v) is 10.6. The molecule has 1 aliphatic rings. The van der Waals surface area contributed by atoms with Crippen molar-refractivity contribution < 1.29 is 18.8 Å². The summed E-state index contributed by atoms with van der Waals surface area (Å²) in [7, 11) is -0.730. The molecule has 1 aromatic rings. The summed E-state index contributed by atoms with van der Waals surface area (Å²) in [6.45, 7) is 8.03. The molecular weight excluding hydrogens is 320 g/mol. The van der Waals surface area contributed by atoms with E-state index in [1.807, 2.05) is 36.4 Å². The fraction of sp³-hybridized carbons (Fsp3) is 0.368. The van der Waals surface area contributed by atoms with E-state index < -0.39 is 20.4 Å². The molecule has 0 aromatic heterocycles. The van der Waals surface area contributed by atoms with Crippen molar-refractivity contribution in [3.05, 3.63) is 59.7 Å². The minimum atomic E-state index is -2.03. The number of esters is 1. The summed E-state index contributed by atoms with van der Waals surface area (Å²) < 4.78 is 11.3. The Kier molecular flexibility index (Phi) is 5.91. The zero-order valence-corrected chi connectivity index (χ0v) is 15.5. The molecule has 0 heterocycles. The molecule has 0 amide bonds. The fourth-order valence-corrected chi connectivity index (χ4v) is 4.68. The number of methoxy groups -OCH3 is 1. The smallest absolute Gasteiger partial charge is 0.341 e. The van der Waals surface area contributed by atoms with Gasteiger partial charge < -0.3 is 9.16 Å². The summed E-state index contributed by atoms with van der Waals surface area (Å²) in [6.07, 6.45) is 2.33. The van der Waals surface area contributed by atoms with Gasteiger partial charge in [-0.25, -0.2) is 4.79 Å². The highest BCUT2D eigenvalue weighted by atomic mass is 28.4. The average Bonchev–Trinajstić information content (AvgIpc) is 2.94. The first kappa shape index (κ1) is 18.4. The maximum atomic E-state index is 12.2. The van der Waals surface area contributed by atoms with Crippen LogP contribution >= 0.6 is 0 Å². The largest absolute Gasteiger partial charge is 0.465 e. The van der Waals surface area contributed by atoms with Crippen LogP contribution in [0.5, 0.6) is 0 Å². The molecule has 1 aromatic carbocycles. The van der Waals surface area contributed by atoms with Crippen molar-refractivity contribution in [2.24, 2.45) is 0 Å². The average molecular weight is 344 g/mol. The van der Waals surface area contributed by atoms with Gasteiger partial charge in [0.2, 0.25) is 0 Å². The van der Waals surface area contributed by atoms with Crippen LogP contribution in [0.1, 0.15) is 24.5 Å². The first-order chi connectivity index (χ1) is 11.4. The zero-order chi connectivity index (χ0) is 17.7. The molecule has 0 saturated heterocycles. The summed E-state index contributed by atoms with van der Waals surface area (Å²) in [5, 5.41) is 0. The maximum absolute atomic E-state index is 12.2. The Labute approximate surface area is 144 Å². The van der Waals surface area contributed by atoms with E-state index in [4.69, 9.17) is 9.16 Å². The first-order valence-electron chi connectivity index (χ1n) is 8.08. The van der Waals surface area contributed by atoms with Crippen LogP contribution in [0, 0.1) is 0 Å². The van der Waals surface area contributed by atoms with Gasteiger partial charge in [0.15, 0.2) is 14.1 Å². The fourth-order valence-electron chi connectivity index (χ4n) is 2.97. The van der Waals surface area contributed by atoms with Crippen molar-refractivity contribution in [1.82, 2.24) is 0 Å². The molecule has 1 atom stereocenters. The van der Waals surface area contributed by atoms with Crippen LogP contribution in [0.25, 0.3) is 0 Å². The third kappa shape index (κ3) is 4.10. The Morgan fingerprint density at radius 3 is 2.54 bits per heavy atom. The molecule has 2 rings (SSSR count). The Morgan fingerprint density at radius 2 is 1.96 bits per heavy atom. The van der Waals surface area contributed by atoms with Crippen molar-refractivity contribution >= 4 is 20.1 Å². The van der Waals surface area contributed by atoms with Crippen molar-refractivity contribution in [2.75, 3.05) is 7.11 Å². The predicted molar refractivity (Wildman–Crippen MR) is 96.0 cm³/mol. The zero-order valence-electron chi connectivity index (χ0n) is 14.5. The molecule has 0 fully saturated rings. The molecule has 128 valence electrons. The minimum absolute atomic E-state index is 0.162. The molecule has 4 nitrogen and oxygen atoms in total. The molecule has 0 bridgehead atoms. The van der Waals surface area contributed by atoms with Crippen molar-refractivity contribution in [3.8, 4) is 0 Å². The normalized spacial score (nSPS) is 16.2. The van der Waals surface area contributed by atoms with Gasteiger partial charge in [-0.1, -0.05) is 36.4 Å². The Bertz CT molecular complexity index is 661. The van der Waals surface area contributed by atoms with E-state index >= 15 is 0 Å². The highest BCUT2D eigenvalue weighted by Gasteiger charge is 2.37. The third-order valence-corrected chi connectivity index (χ3v) is 6.25. The quantitative estimate of drug-likeness (QED) is 0.325. The number of carbonyl (C=O) groups excluding carboxylic acids is 2. The molecule has 0 N–H and O–H groups in total. The van der Waals surface area contributed by atoms with E-state index in [1.54, 1.807) is 0 Å². The van der Waals surface area contributed by atoms with Crippen LogP contribution in [0.4, 0.5) is 0 Å². The van der Waals surface area contributed by atoms with Crippen molar-refractivity contribution in [3.63, 3.8) is 0 Å². The van der Waals surface area contributed by atoms with Crippen LogP contribution in [-0.4, -0.2) is 27.2 Å². The van der Waals surface area contributed by atoms with Gasteiger partial charge in [-0.05, 0) is 36.7 Å². The lowest BCUT2D eigenvalue weighted by Gasteiger charge is -2.30. The molecule has 0 spiro atoms. The van der Waals surface area contributed by atoms with Gasteiger partial charge >= 0.3 is 5.97 Å². The van der Waals surface area contributed by atoms with Gasteiger partial charge in [-0.2, -0.15) is 0 Å². The molecule has 5 heteroatoms. The van der Waals surface area contributed by atoms with E-state index in [2.05, 4.69) is 19.7 Å². The monoisotopic (exact) mass is 344 g/mol. The van der Waals surface area contributed by atoms with Crippen LogP contribution in [0.3, 0.4) is 0 Å². The number of rotatable bonds is 7. The van der Waals surface area contributed by atoms with Gasteiger partial charge in [0.25, 0.3) is 0 Å². The number of Topliss-reactive ketones (excluding diaryl/α,β-unsaturated/α-hetero) is 1. The number of benzene rings is 1. The molecule has 1 aliphatic carbocycles. The lowest BCUT2D eigenvalue weighted by Crippen LogP contribution is -2.32. The number of hydrogen-bond acceptors (Lipinski definition) is 4. The number of ether oxygens (including phenoxy) is 1. The van der Waals surface area contributed by atoms with Crippen LogP contribution in [0.15, 0.2) is 54.1 Å². The Morgan fingerprint density at radius 1 is 1.29 bits per heavy atom. The highest BCUT2D eigenvalue weighted by Crippen LogP contribution is 2.39. The number of carbonyl (C=O) groups is 2. The Hall–Kier alpha value is -1.98. The minimum Gasteiger partial charge on any atom is -0.465 e. The summed E-state index contributed by atoms with van der Waals surface area (Å²) in [5.74, 6) is -0.732. The van der Waals surface area contributed by atoms with Crippen molar-refractivity contribution in [1.29, 1.82) is 0 Å². The SMILES string of the molecule is C=CC[Si](C)(C)OC(C1=C(C(=O)OC)C(=O)CC1)c1ccccc1. The van der Waals surface area contributed by atoms with E-state index in [0.29, 0.717) is 12.8 Å². The van der Waals surface area contributed by atoms with E-state index in [9.17, 15) is 9.59 Å². The second kappa shape index (κ2) is 7.72. The van der Waals surface area contributed by atoms with Crippen LogP contribution < -0.4 is 0 Å². The summed E-state index contributed by atoms with van der Waals surface area (Å²) in [5.41, 5.74) is 1.85. The number of allylic oxidation sites excluding steroid dienone is 1. The Balaban J connectivity index is 2.50.